The molecule has 31 heavy (non-hydrogen) atoms. The first-order chi connectivity index (χ1) is 14.7. The zero-order valence-corrected chi connectivity index (χ0v) is 20.1. The van der Waals surface area contributed by atoms with Crippen LogP contribution in [-0.2, 0) is 11.8 Å². The normalized spacial score (nSPS) is 12.1. The van der Waals surface area contributed by atoms with Crippen molar-refractivity contribution in [1.82, 2.24) is 14.1 Å². The van der Waals surface area contributed by atoms with E-state index in [0.717, 1.165) is 5.56 Å². The van der Waals surface area contributed by atoms with E-state index in [-0.39, 0.29) is 23.9 Å². The number of esters is 1. The molecule has 9 heteroatoms. The molecule has 164 valence electrons. The maximum atomic E-state index is 12.8. The number of carbonyl (C=O) groups excluding carboxylic acids is 1. The molecular weight excluding hydrogens is 484 g/mol. The number of nitrogens with one attached hydrogen (secondary N) is 1. The molecule has 0 radical (unpaired) electrons. The van der Waals surface area contributed by atoms with Crippen molar-refractivity contribution >= 4 is 39.2 Å². The molecule has 2 heterocycles. The highest BCUT2D eigenvalue weighted by Crippen LogP contribution is 2.34. The number of imidazole rings is 1. The highest BCUT2D eigenvalue weighted by Gasteiger charge is 2.31. The minimum atomic E-state index is -0.501. The lowest BCUT2D eigenvalue weighted by Crippen LogP contribution is -2.23. The number of hydrogen-bond donors (Lipinski definition) is 1. The van der Waals surface area contributed by atoms with Gasteiger partial charge in [-0.1, -0.05) is 23.7 Å². The van der Waals surface area contributed by atoms with Crippen LogP contribution in [0.4, 0.5) is 5.69 Å². The van der Waals surface area contributed by atoms with Gasteiger partial charge in [-0.15, -0.1) is 0 Å². The minimum Gasteiger partial charge on any atom is -0.461 e. The fourth-order valence-corrected chi connectivity index (χ4v) is 4.25. The average molecular weight is 508 g/mol. The van der Waals surface area contributed by atoms with Crippen LogP contribution in [0, 0.1) is 0 Å². The first-order valence-electron chi connectivity index (χ1n) is 9.86. The van der Waals surface area contributed by atoms with Gasteiger partial charge in [-0.2, -0.15) is 0 Å². The van der Waals surface area contributed by atoms with Gasteiger partial charge in [0.1, 0.15) is 0 Å². The third-order valence-electron chi connectivity index (χ3n) is 4.76. The second-order valence-electron chi connectivity index (χ2n) is 7.29. The van der Waals surface area contributed by atoms with E-state index in [2.05, 4.69) is 26.2 Å². The van der Waals surface area contributed by atoms with Gasteiger partial charge < -0.3 is 19.2 Å². The molecule has 1 N–H and O–H groups in total. The molecule has 7 nitrogen and oxygen atoms in total. The Balaban J connectivity index is 2.23. The second-order valence-corrected chi connectivity index (χ2v) is 8.44. The number of halogens is 2. The van der Waals surface area contributed by atoms with Crippen molar-refractivity contribution in [3.05, 3.63) is 79.7 Å². The summed E-state index contributed by atoms with van der Waals surface area (Å²) in [4.78, 5) is 29.1. The SMILES string of the molecule is CCOC(=O)c1nc(Br)n(C(C)C)c1C(Nc1ccc(=O)n(C)c1)c1ccc(Cl)cc1. The van der Waals surface area contributed by atoms with E-state index < -0.39 is 12.0 Å². The first-order valence-corrected chi connectivity index (χ1v) is 11.0. The molecule has 0 bridgehead atoms. The van der Waals surface area contributed by atoms with Crippen LogP contribution >= 0.6 is 27.5 Å². The molecule has 0 spiro atoms. The van der Waals surface area contributed by atoms with Crippen molar-refractivity contribution in [3.8, 4) is 0 Å². The van der Waals surface area contributed by atoms with E-state index >= 15 is 0 Å². The Morgan fingerprint density at radius 2 is 1.90 bits per heavy atom. The predicted octanol–water partition coefficient (Wildman–Crippen LogP) is 4.96. The number of aromatic nitrogens is 3. The summed E-state index contributed by atoms with van der Waals surface area (Å²) >= 11 is 9.61. The van der Waals surface area contributed by atoms with Crippen molar-refractivity contribution in [1.29, 1.82) is 0 Å². The fourth-order valence-electron chi connectivity index (χ4n) is 3.34. The Bertz CT molecular complexity index is 1140. The van der Waals surface area contributed by atoms with E-state index in [0.29, 0.717) is 21.1 Å². The van der Waals surface area contributed by atoms with Crippen molar-refractivity contribution in [2.75, 3.05) is 11.9 Å². The Kier molecular flexibility index (Phi) is 7.23. The summed E-state index contributed by atoms with van der Waals surface area (Å²) in [6.07, 6.45) is 1.71. The molecule has 1 aromatic carbocycles. The van der Waals surface area contributed by atoms with Crippen LogP contribution in [0.1, 0.15) is 54.6 Å². The Labute approximate surface area is 194 Å². The molecule has 0 aliphatic carbocycles. The van der Waals surface area contributed by atoms with Crippen LogP contribution in [0.15, 0.2) is 52.1 Å². The van der Waals surface area contributed by atoms with E-state index in [4.69, 9.17) is 16.3 Å². The van der Waals surface area contributed by atoms with E-state index in [1.807, 2.05) is 30.5 Å². The Morgan fingerprint density at radius 3 is 2.48 bits per heavy atom. The lowest BCUT2D eigenvalue weighted by Gasteiger charge is -2.25. The molecule has 1 atom stereocenters. The van der Waals surface area contributed by atoms with Crippen LogP contribution in [0.5, 0.6) is 0 Å². The number of benzene rings is 1. The molecular formula is C22H24BrClN4O3. The number of aryl methyl sites for hydroxylation is 1. The number of ether oxygens (including phenoxy) is 1. The molecule has 2 aromatic heterocycles. The zero-order chi connectivity index (χ0) is 22.7. The monoisotopic (exact) mass is 506 g/mol. The molecule has 1 unspecified atom stereocenters. The summed E-state index contributed by atoms with van der Waals surface area (Å²) in [5, 5.41) is 4.06. The molecule has 0 aliphatic rings. The van der Waals surface area contributed by atoms with Crippen molar-refractivity contribution in [2.45, 2.75) is 32.9 Å². The van der Waals surface area contributed by atoms with Gasteiger partial charge in [0.05, 0.1) is 24.0 Å². The summed E-state index contributed by atoms with van der Waals surface area (Å²) in [6, 6.07) is 10.1. The van der Waals surface area contributed by atoms with E-state index in [1.54, 1.807) is 38.4 Å². The van der Waals surface area contributed by atoms with Crippen molar-refractivity contribution in [3.63, 3.8) is 0 Å². The molecule has 0 aliphatic heterocycles. The predicted molar refractivity (Wildman–Crippen MR) is 125 cm³/mol. The van der Waals surface area contributed by atoms with Crippen LogP contribution in [-0.4, -0.2) is 26.7 Å². The van der Waals surface area contributed by atoms with E-state index in [1.165, 1.54) is 10.6 Å². The largest absolute Gasteiger partial charge is 0.461 e. The summed E-state index contributed by atoms with van der Waals surface area (Å²) in [5.74, 6) is -0.501. The zero-order valence-electron chi connectivity index (χ0n) is 17.7. The number of pyridine rings is 1. The van der Waals surface area contributed by atoms with Gasteiger partial charge in [-0.3, -0.25) is 4.79 Å². The van der Waals surface area contributed by atoms with Gasteiger partial charge in [0.15, 0.2) is 10.4 Å². The van der Waals surface area contributed by atoms with Gasteiger partial charge in [-0.25, -0.2) is 9.78 Å². The fraction of sp³-hybridized carbons (Fsp3) is 0.318. The third kappa shape index (κ3) is 5.02. The maximum absolute atomic E-state index is 12.8. The lowest BCUT2D eigenvalue weighted by atomic mass is 10.0. The highest BCUT2D eigenvalue weighted by atomic mass is 79.9. The van der Waals surface area contributed by atoms with E-state index in [9.17, 15) is 9.59 Å². The minimum absolute atomic E-state index is 0.0109. The second kappa shape index (κ2) is 9.70. The van der Waals surface area contributed by atoms with Gasteiger partial charge in [0.25, 0.3) is 0 Å². The smallest absolute Gasteiger partial charge is 0.358 e. The molecule has 0 amide bonds. The highest BCUT2D eigenvalue weighted by molar-refractivity contribution is 9.10. The van der Waals surface area contributed by atoms with Crippen LogP contribution < -0.4 is 10.9 Å². The van der Waals surface area contributed by atoms with Crippen LogP contribution in [0.3, 0.4) is 0 Å². The molecule has 3 aromatic rings. The summed E-state index contributed by atoms with van der Waals surface area (Å²) in [7, 11) is 1.68. The van der Waals surface area contributed by atoms with Crippen LogP contribution in [0.2, 0.25) is 5.02 Å². The molecule has 0 saturated carbocycles. The lowest BCUT2D eigenvalue weighted by molar-refractivity contribution is 0.0518. The summed E-state index contributed by atoms with van der Waals surface area (Å²) < 4.78 is 9.24. The van der Waals surface area contributed by atoms with Gasteiger partial charge in [0.2, 0.25) is 5.56 Å². The summed E-state index contributed by atoms with van der Waals surface area (Å²) in [5.41, 5.74) is 2.34. The molecule has 0 fully saturated rings. The average Bonchev–Trinajstić information content (AvgIpc) is 3.07. The number of carbonyl (C=O) groups is 1. The number of nitrogens with zero attached hydrogens (tertiary/aromatic N) is 3. The van der Waals surface area contributed by atoms with Crippen LogP contribution in [0.25, 0.3) is 0 Å². The number of hydrogen-bond acceptors (Lipinski definition) is 5. The topological polar surface area (TPSA) is 78.2 Å². The maximum Gasteiger partial charge on any atom is 0.358 e. The first kappa shape index (κ1) is 23.1. The standard InChI is InChI=1S/C22H24BrClN4O3/c1-5-31-21(30)19-20(28(13(2)3)22(23)26-19)18(14-6-8-15(24)9-7-14)25-16-10-11-17(29)27(4)12-16/h6-13,18,25H,5H2,1-4H3. The summed E-state index contributed by atoms with van der Waals surface area (Å²) in [6.45, 7) is 6.02. The Morgan fingerprint density at radius 1 is 1.23 bits per heavy atom. The molecule has 0 saturated heterocycles. The number of rotatable bonds is 7. The number of anilines is 1. The van der Waals surface area contributed by atoms with Gasteiger partial charge in [0, 0.05) is 30.4 Å². The van der Waals surface area contributed by atoms with Crippen molar-refractivity contribution < 1.29 is 9.53 Å². The quantitative estimate of drug-likeness (QED) is 0.458. The van der Waals surface area contributed by atoms with Gasteiger partial charge >= 0.3 is 5.97 Å². The third-order valence-corrected chi connectivity index (χ3v) is 5.58. The van der Waals surface area contributed by atoms with Crippen molar-refractivity contribution in [2.24, 2.45) is 7.05 Å². The Hall–Kier alpha value is -2.58. The van der Waals surface area contributed by atoms with Gasteiger partial charge in [-0.05, 0) is 60.5 Å². The molecule has 3 rings (SSSR count).